The number of hydrogen-bond acceptors (Lipinski definition) is 2. The fourth-order valence-corrected chi connectivity index (χ4v) is 1.44. The molecule has 16 heavy (non-hydrogen) atoms. The Morgan fingerprint density at radius 1 is 1.25 bits per heavy atom. The fraction of sp³-hybridized carbons (Fsp3) is 0.500. The summed E-state index contributed by atoms with van der Waals surface area (Å²) in [6, 6.07) is 10.1. The molecule has 1 aromatic rings. The van der Waals surface area contributed by atoms with E-state index in [0.29, 0.717) is 19.6 Å². The van der Waals surface area contributed by atoms with Crippen molar-refractivity contribution in [1.82, 2.24) is 0 Å². The molecule has 1 aromatic carbocycles. The Labute approximate surface area is 97.6 Å². The van der Waals surface area contributed by atoms with Crippen molar-refractivity contribution in [3.8, 4) is 0 Å². The van der Waals surface area contributed by atoms with Crippen LogP contribution in [0.4, 0.5) is 0 Å². The summed E-state index contributed by atoms with van der Waals surface area (Å²) in [5.74, 6) is 0. The van der Waals surface area contributed by atoms with E-state index in [-0.39, 0.29) is 5.41 Å². The second-order valence-corrected chi connectivity index (χ2v) is 4.82. The number of carbonyl (C=O) groups is 1. The van der Waals surface area contributed by atoms with Crippen LogP contribution in [0.1, 0.15) is 32.3 Å². The van der Waals surface area contributed by atoms with Crippen molar-refractivity contribution < 1.29 is 9.53 Å². The average Bonchev–Trinajstić information content (AvgIpc) is 2.26. The molecule has 0 atom stereocenters. The van der Waals surface area contributed by atoms with Crippen molar-refractivity contribution in [2.24, 2.45) is 5.41 Å². The van der Waals surface area contributed by atoms with E-state index in [2.05, 4.69) is 26.0 Å². The first kappa shape index (κ1) is 12.9. The lowest BCUT2D eigenvalue weighted by molar-refractivity contribution is -0.109. The zero-order chi connectivity index (χ0) is 11.9. The van der Waals surface area contributed by atoms with Crippen LogP contribution in [0.2, 0.25) is 0 Å². The van der Waals surface area contributed by atoms with Gasteiger partial charge in [-0.25, -0.2) is 0 Å². The molecule has 0 saturated heterocycles. The summed E-state index contributed by atoms with van der Waals surface area (Å²) in [4.78, 5) is 10.4. The van der Waals surface area contributed by atoms with E-state index in [1.165, 1.54) is 5.56 Å². The summed E-state index contributed by atoms with van der Waals surface area (Å²) in [6.07, 6.45) is 2.50. The highest BCUT2D eigenvalue weighted by Crippen LogP contribution is 2.23. The Morgan fingerprint density at radius 2 is 1.94 bits per heavy atom. The van der Waals surface area contributed by atoms with Gasteiger partial charge >= 0.3 is 0 Å². The van der Waals surface area contributed by atoms with Crippen molar-refractivity contribution in [3.05, 3.63) is 35.9 Å². The Hall–Kier alpha value is -1.15. The molecule has 0 radical (unpaired) electrons. The van der Waals surface area contributed by atoms with E-state index < -0.39 is 0 Å². The van der Waals surface area contributed by atoms with Crippen LogP contribution < -0.4 is 0 Å². The fourth-order valence-electron chi connectivity index (χ4n) is 1.44. The molecule has 0 bridgehead atoms. The topological polar surface area (TPSA) is 26.3 Å². The van der Waals surface area contributed by atoms with Gasteiger partial charge in [0.1, 0.15) is 6.29 Å². The summed E-state index contributed by atoms with van der Waals surface area (Å²) in [5.41, 5.74) is 1.24. The molecule has 1 rings (SSSR count). The van der Waals surface area contributed by atoms with Crippen molar-refractivity contribution >= 4 is 6.29 Å². The molecule has 0 aliphatic rings. The second kappa shape index (κ2) is 6.44. The highest BCUT2D eigenvalue weighted by atomic mass is 16.5. The highest BCUT2D eigenvalue weighted by molar-refractivity contribution is 5.50. The Bertz CT molecular complexity index is 304. The molecule has 2 heteroatoms. The quantitative estimate of drug-likeness (QED) is 0.521. The van der Waals surface area contributed by atoms with Crippen molar-refractivity contribution in [1.29, 1.82) is 0 Å². The van der Waals surface area contributed by atoms with Crippen molar-refractivity contribution in [2.75, 3.05) is 6.61 Å². The standard InChI is InChI=1S/C14H20O2/c1-14(2,8-10-15)9-11-16-12-13-6-4-3-5-7-13/h3-7,10H,8-9,11-12H2,1-2H3. The van der Waals surface area contributed by atoms with Crippen LogP contribution >= 0.6 is 0 Å². The van der Waals surface area contributed by atoms with E-state index in [1.807, 2.05) is 18.2 Å². The summed E-state index contributed by atoms with van der Waals surface area (Å²) in [5, 5.41) is 0. The predicted octanol–water partition coefficient (Wildman–Crippen LogP) is 3.21. The van der Waals surface area contributed by atoms with Gasteiger partial charge in [0, 0.05) is 13.0 Å². The van der Waals surface area contributed by atoms with Gasteiger partial charge in [-0.1, -0.05) is 44.2 Å². The van der Waals surface area contributed by atoms with Crippen molar-refractivity contribution in [2.45, 2.75) is 33.3 Å². The summed E-state index contributed by atoms with van der Waals surface area (Å²) >= 11 is 0. The maximum atomic E-state index is 10.4. The zero-order valence-electron chi connectivity index (χ0n) is 10.1. The van der Waals surface area contributed by atoms with Crippen LogP contribution in [-0.4, -0.2) is 12.9 Å². The SMILES string of the molecule is CC(C)(CC=O)CCOCc1ccccc1. The van der Waals surface area contributed by atoms with Gasteiger partial charge in [-0.15, -0.1) is 0 Å². The summed E-state index contributed by atoms with van der Waals surface area (Å²) < 4.78 is 5.59. The van der Waals surface area contributed by atoms with Crippen LogP contribution in [-0.2, 0) is 16.1 Å². The van der Waals surface area contributed by atoms with Crippen LogP contribution in [0.3, 0.4) is 0 Å². The maximum absolute atomic E-state index is 10.4. The number of benzene rings is 1. The molecule has 0 heterocycles. The summed E-state index contributed by atoms with van der Waals surface area (Å²) in [7, 11) is 0. The minimum atomic E-state index is 0.0540. The zero-order valence-corrected chi connectivity index (χ0v) is 10.1. The minimum absolute atomic E-state index is 0.0540. The van der Waals surface area contributed by atoms with Gasteiger partial charge in [0.05, 0.1) is 6.61 Å². The average molecular weight is 220 g/mol. The summed E-state index contributed by atoms with van der Waals surface area (Å²) in [6.45, 7) is 5.54. The van der Waals surface area contributed by atoms with Gasteiger partial charge in [0.2, 0.25) is 0 Å². The molecule has 0 N–H and O–H groups in total. The lowest BCUT2D eigenvalue weighted by Crippen LogP contribution is -2.15. The molecular weight excluding hydrogens is 200 g/mol. The number of carbonyl (C=O) groups excluding carboxylic acids is 1. The molecule has 0 fully saturated rings. The number of aldehydes is 1. The Morgan fingerprint density at radius 3 is 2.56 bits per heavy atom. The van der Waals surface area contributed by atoms with E-state index in [0.717, 1.165) is 12.7 Å². The molecule has 0 unspecified atom stereocenters. The van der Waals surface area contributed by atoms with Crippen LogP contribution in [0.15, 0.2) is 30.3 Å². The van der Waals surface area contributed by atoms with Gasteiger partial charge in [-0.2, -0.15) is 0 Å². The Kier molecular flexibility index (Phi) is 5.20. The third-order valence-corrected chi connectivity index (χ3v) is 2.67. The third-order valence-electron chi connectivity index (χ3n) is 2.67. The first-order valence-corrected chi connectivity index (χ1v) is 5.69. The normalized spacial score (nSPS) is 11.4. The molecule has 88 valence electrons. The molecule has 2 nitrogen and oxygen atoms in total. The Balaban J connectivity index is 2.19. The molecule has 0 aliphatic heterocycles. The van der Waals surface area contributed by atoms with Gasteiger partial charge in [0.15, 0.2) is 0 Å². The van der Waals surface area contributed by atoms with Crippen molar-refractivity contribution in [3.63, 3.8) is 0 Å². The first-order valence-electron chi connectivity index (χ1n) is 5.69. The lowest BCUT2D eigenvalue weighted by atomic mass is 9.87. The van der Waals surface area contributed by atoms with Crippen LogP contribution in [0, 0.1) is 5.41 Å². The third kappa shape index (κ3) is 5.08. The van der Waals surface area contributed by atoms with Gasteiger partial charge < -0.3 is 9.53 Å². The highest BCUT2D eigenvalue weighted by Gasteiger charge is 2.16. The first-order chi connectivity index (χ1) is 7.64. The van der Waals surface area contributed by atoms with E-state index in [4.69, 9.17) is 4.74 Å². The van der Waals surface area contributed by atoms with E-state index in [1.54, 1.807) is 0 Å². The molecule has 0 aliphatic carbocycles. The smallest absolute Gasteiger partial charge is 0.120 e. The molecule has 0 saturated carbocycles. The number of hydrogen-bond donors (Lipinski definition) is 0. The largest absolute Gasteiger partial charge is 0.377 e. The van der Waals surface area contributed by atoms with E-state index in [9.17, 15) is 4.79 Å². The molecule has 0 aromatic heterocycles. The van der Waals surface area contributed by atoms with E-state index >= 15 is 0 Å². The van der Waals surface area contributed by atoms with Gasteiger partial charge in [-0.3, -0.25) is 0 Å². The van der Waals surface area contributed by atoms with Crippen LogP contribution in [0.5, 0.6) is 0 Å². The number of rotatable bonds is 7. The second-order valence-electron chi connectivity index (χ2n) is 4.82. The number of ether oxygens (including phenoxy) is 1. The van der Waals surface area contributed by atoms with Crippen LogP contribution in [0.25, 0.3) is 0 Å². The molecule has 0 spiro atoms. The monoisotopic (exact) mass is 220 g/mol. The lowest BCUT2D eigenvalue weighted by Gasteiger charge is -2.21. The minimum Gasteiger partial charge on any atom is -0.377 e. The molecular formula is C14H20O2. The predicted molar refractivity (Wildman–Crippen MR) is 65.2 cm³/mol. The maximum Gasteiger partial charge on any atom is 0.120 e. The molecule has 0 amide bonds. The van der Waals surface area contributed by atoms with Gasteiger partial charge in [-0.05, 0) is 17.4 Å². The van der Waals surface area contributed by atoms with Gasteiger partial charge in [0.25, 0.3) is 0 Å².